The van der Waals surface area contributed by atoms with Crippen molar-refractivity contribution < 1.29 is 9.53 Å². The number of likely N-dealkylation sites (tertiary alicyclic amines) is 1. The van der Waals surface area contributed by atoms with Crippen molar-refractivity contribution in [2.75, 3.05) is 6.61 Å². The van der Waals surface area contributed by atoms with Crippen molar-refractivity contribution in [3.05, 3.63) is 0 Å². The van der Waals surface area contributed by atoms with Gasteiger partial charge < -0.3 is 4.74 Å². The summed E-state index contributed by atoms with van der Waals surface area (Å²) in [6.45, 7) is 2.38. The Morgan fingerprint density at radius 3 is 2.36 bits per heavy atom. The molecular weight excluding hydrogens is 178 g/mol. The molecule has 0 aromatic heterocycles. The first-order valence-corrected chi connectivity index (χ1v) is 5.79. The lowest BCUT2D eigenvalue weighted by molar-refractivity contribution is 0.133. The van der Waals surface area contributed by atoms with Gasteiger partial charge in [0.25, 0.3) is 0 Å². The largest absolute Gasteiger partial charge is 0.450 e. The highest BCUT2D eigenvalue weighted by molar-refractivity contribution is 5.73. The second-order valence-corrected chi connectivity index (χ2v) is 4.70. The van der Waals surface area contributed by atoms with Crippen LogP contribution in [0.2, 0.25) is 0 Å². The molecule has 3 rings (SSSR count). The van der Waals surface area contributed by atoms with Crippen LogP contribution < -0.4 is 0 Å². The lowest BCUT2D eigenvalue weighted by atomic mass is 9.66. The van der Waals surface area contributed by atoms with E-state index in [2.05, 4.69) is 0 Å². The number of amides is 1. The molecule has 1 amide bonds. The maximum absolute atomic E-state index is 11.5. The van der Waals surface area contributed by atoms with Crippen molar-refractivity contribution in [1.29, 1.82) is 0 Å². The number of rotatable bonds is 1. The number of hydrogen-bond acceptors (Lipinski definition) is 2. The standard InChI is InChI=1S/C11H17NO2/c1-2-14-11(13)12-9-7-5-3-4-6-8(7)10(9)12/h7-10H,2-6H2,1H3/t7-,8+,9+,10-,12?. The third-order valence-electron chi connectivity index (χ3n) is 4.13. The number of fused-ring (bicyclic) bond motifs is 4. The highest BCUT2D eigenvalue weighted by atomic mass is 16.6. The molecule has 4 atom stereocenters. The summed E-state index contributed by atoms with van der Waals surface area (Å²) >= 11 is 0. The molecule has 1 aliphatic heterocycles. The number of hydrogen-bond donors (Lipinski definition) is 0. The fourth-order valence-corrected chi connectivity index (χ4v) is 3.52. The number of ether oxygens (including phenoxy) is 1. The van der Waals surface area contributed by atoms with Gasteiger partial charge in [0.2, 0.25) is 0 Å². The number of carbonyl (C=O) groups is 1. The number of carbonyl (C=O) groups excluding carboxylic acids is 1. The molecule has 2 saturated carbocycles. The van der Waals surface area contributed by atoms with Crippen molar-refractivity contribution in [1.82, 2.24) is 4.90 Å². The minimum atomic E-state index is -0.0723. The summed E-state index contributed by atoms with van der Waals surface area (Å²) in [6, 6.07) is 1.14. The molecular formula is C11H17NO2. The fourth-order valence-electron chi connectivity index (χ4n) is 3.52. The average Bonchev–Trinajstić information content (AvgIpc) is 2.84. The quantitative estimate of drug-likeness (QED) is 0.599. The highest BCUT2D eigenvalue weighted by Gasteiger charge is 2.70. The molecule has 0 unspecified atom stereocenters. The first kappa shape index (κ1) is 8.57. The van der Waals surface area contributed by atoms with E-state index in [4.69, 9.17) is 4.74 Å². The van der Waals surface area contributed by atoms with E-state index in [0.717, 1.165) is 11.8 Å². The van der Waals surface area contributed by atoms with Gasteiger partial charge in [0.05, 0.1) is 18.7 Å². The summed E-state index contributed by atoms with van der Waals surface area (Å²) in [5.74, 6) is 1.64. The van der Waals surface area contributed by atoms with E-state index in [9.17, 15) is 4.79 Å². The molecule has 0 spiro atoms. The van der Waals surface area contributed by atoms with Crippen molar-refractivity contribution in [3.63, 3.8) is 0 Å². The van der Waals surface area contributed by atoms with Crippen LogP contribution in [0.25, 0.3) is 0 Å². The maximum atomic E-state index is 11.5. The molecule has 0 aromatic rings. The van der Waals surface area contributed by atoms with Gasteiger partial charge in [-0.05, 0) is 31.6 Å². The third kappa shape index (κ3) is 0.956. The number of nitrogens with zero attached hydrogens (tertiary/aromatic N) is 1. The molecule has 1 heterocycles. The Bertz CT molecular complexity index is 248. The topological polar surface area (TPSA) is 29.3 Å². The van der Waals surface area contributed by atoms with Gasteiger partial charge in [-0.25, -0.2) is 4.79 Å². The van der Waals surface area contributed by atoms with Crippen LogP contribution in [0.5, 0.6) is 0 Å². The zero-order chi connectivity index (χ0) is 9.71. The predicted molar refractivity (Wildman–Crippen MR) is 51.9 cm³/mol. The second kappa shape index (κ2) is 2.88. The predicted octanol–water partition coefficient (Wildman–Crippen LogP) is 2.02. The van der Waals surface area contributed by atoms with E-state index >= 15 is 0 Å². The molecule has 3 aliphatic rings. The summed E-state index contributed by atoms with van der Waals surface area (Å²) < 4.78 is 5.04. The molecule has 0 radical (unpaired) electrons. The monoisotopic (exact) mass is 195 g/mol. The van der Waals surface area contributed by atoms with Crippen LogP contribution in [0.15, 0.2) is 0 Å². The van der Waals surface area contributed by atoms with E-state index in [1.54, 1.807) is 0 Å². The average molecular weight is 195 g/mol. The zero-order valence-electron chi connectivity index (χ0n) is 8.61. The minimum absolute atomic E-state index is 0.0723. The van der Waals surface area contributed by atoms with Gasteiger partial charge in [0.1, 0.15) is 0 Å². The first-order valence-electron chi connectivity index (χ1n) is 5.79. The first-order chi connectivity index (χ1) is 6.84. The molecule has 0 N–H and O–H groups in total. The van der Waals surface area contributed by atoms with Gasteiger partial charge in [-0.15, -0.1) is 0 Å². The van der Waals surface area contributed by atoms with Gasteiger partial charge in [-0.3, -0.25) is 4.90 Å². The van der Waals surface area contributed by atoms with Gasteiger partial charge in [-0.1, -0.05) is 12.8 Å². The van der Waals surface area contributed by atoms with E-state index < -0.39 is 0 Å². The lowest BCUT2D eigenvalue weighted by Gasteiger charge is -2.36. The lowest BCUT2D eigenvalue weighted by Crippen LogP contribution is -2.38. The molecule has 3 heteroatoms. The van der Waals surface area contributed by atoms with Crippen molar-refractivity contribution in [2.45, 2.75) is 44.7 Å². The van der Waals surface area contributed by atoms with E-state index in [1.807, 2.05) is 11.8 Å². The Labute approximate surface area is 84.4 Å². The van der Waals surface area contributed by atoms with Crippen molar-refractivity contribution >= 4 is 6.09 Å². The van der Waals surface area contributed by atoms with Gasteiger partial charge in [-0.2, -0.15) is 0 Å². The molecule has 0 bridgehead atoms. The van der Waals surface area contributed by atoms with E-state index in [-0.39, 0.29) is 6.09 Å². The zero-order valence-corrected chi connectivity index (χ0v) is 8.61. The van der Waals surface area contributed by atoms with E-state index in [1.165, 1.54) is 25.7 Å². The van der Waals surface area contributed by atoms with Crippen LogP contribution >= 0.6 is 0 Å². The third-order valence-corrected chi connectivity index (χ3v) is 4.13. The van der Waals surface area contributed by atoms with Crippen LogP contribution in [0.3, 0.4) is 0 Å². The molecule has 3 nitrogen and oxygen atoms in total. The summed E-state index contributed by atoms with van der Waals surface area (Å²) in [4.78, 5) is 13.5. The van der Waals surface area contributed by atoms with E-state index in [0.29, 0.717) is 18.7 Å². The summed E-state index contributed by atoms with van der Waals surface area (Å²) in [5.41, 5.74) is 0. The smallest absolute Gasteiger partial charge is 0.410 e. The van der Waals surface area contributed by atoms with Crippen molar-refractivity contribution in [2.24, 2.45) is 11.8 Å². The summed E-state index contributed by atoms with van der Waals surface area (Å²) in [5, 5.41) is 0. The van der Waals surface area contributed by atoms with Gasteiger partial charge in [0.15, 0.2) is 0 Å². The van der Waals surface area contributed by atoms with Gasteiger partial charge in [0, 0.05) is 0 Å². The van der Waals surface area contributed by atoms with Crippen LogP contribution in [0.1, 0.15) is 32.6 Å². The minimum Gasteiger partial charge on any atom is -0.450 e. The Morgan fingerprint density at radius 1 is 1.29 bits per heavy atom. The Balaban J connectivity index is 1.64. The summed E-state index contributed by atoms with van der Waals surface area (Å²) in [7, 11) is 0. The Hall–Kier alpha value is -0.730. The molecule has 2 aliphatic carbocycles. The maximum Gasteiger partial charge on any atom is 0.410 e. The van der Waals surface area contributed by atoms with Gasteiger partial charge >= 0.3 is 6.09 Å². The molecule has 1 saturated heterocycles. The normalized spacial score (nSPS) is 43.4. The molecule has 14 heavy (non-hydrogen) atoms. The highest BCUT2D eigenvalue weighted by Crippen LogP contribution is 2.60. The van der Waals surface area contributed by atoms with Crippen LogP contribution in [0, 0.1) is 11.8 Å². The Kier molecular flexibility index (Phi) is 1.76. The van der Waals surface area contributed by atoms with Crippen LogP contribution in [0.4, 0.5) is 4.79 Å². The van der Waals surface area contributed by atoms with Crippen LogP contribution in [-0.4, -0.2) is 29.7 Å². The molecule has 78 valence electrons. The second-order valence-electron chi connectivity index (χ2n) is 4.70. The fraction of sp³-hybridized carbons (Fsp3) is 0.909. The van der Waals surface area contributed by atoms with Crippen molar-refractivity contribution in [3.8, 4) is 0 Å². The molecule has 3 fully saturated rings. The Morgan fingerprint density at radius 2 is 1.86 bits per heavy atom. The summed E-state index contributed by atoms with van der Waals surface area (Å²) in [6.07, 6.45) is 5.32. The van der Waals surface area contributed by atoms with Crippen LogP contribution in [-0.2, 0) is 4.74 Å². The molecule has 0 aromatic carbocycles. The SMILES string of the molecule is CCOC(=O)N1[C@@H]2[C@H]3CCCC[C@H]3[C@@H]21.